The number of carbonyl (C=O) groups is 1. The van der Waals surface area contributed by atoms with Crippen LogP contribution in [0.15, 0.2) is 6.20 Å². The summed E-state index contributed by atoms with van der Waals surface area (Å²) in [5, 5.41) is 11.5. The number of pyridine rings is 1. The standard InChI is InChI=1S/C9H8N4O/c10-3-6-8-5(4-12-9(6)11)1-2-7(14)13-8/h4H,1-2H2,(H2,11,12)(H,13,14). The summed E-state index contributed by atoms with van der Waals surface area (Å²) in [7, 11) is 0. The predicted molar refractivity (Wildman–Crippen MR) is 50.3 cm³/mol. The van der Waals surface area contributed by atoms with Crippen molar-refractivity contribution in [3.05, 3.63) is 17.3 Å². The minimum Gasteiger partial charge on any atom is -0.383 e. The molecule has 0 saturated heterocycles. The number of nitrogen functional groups attached to an aromatic ring is 1. The molecule has 2 rings (SSSR count). The molecule has 0 aromatic carbocycles. The maximum atomic E-state index is 11.1. The van der Waals surface area contributed by atoms with Crippen LogP contribution in [-0.2, 0) is 11.2 Å². The third-order valence-electron chi connectivity index (χ3n) is 2.18. The Bertz CT molecular complexity index is 447. The highest BCUT2D eigenvalue weighted by molar-refractivity contribution is 5.96. The molecule has 1 aliphatic heterocycles. The third kappa shape index (κ3) is 1.17. The molecular weight excluding hydrogens is 180 g/mol. The molecule has 0 unspecified atom stereocenters. The van der Waals surface area contributed by atoms with Gasteiger partial charge < -0.3 is 11.1 Å². The molecule has 0 fully saturated rings. The Morgan fingerprint density at radius 2 is 2.36 bits per heavy atom. The molecule has 0 radical (unpaired) electrons. The molecule has 2 heterocycles. The van der Waals surface area contributed by atoms with Gasteiger partial charge in [0, 0.05) is 12.6 Å². The number of nitrogens with one attached hydrogen (secondary N) is 1. The fourth-order valence-electron chi connectivity index (χ4n) is 1.46. The average molecular weight is 188 g/mol. The lowest BCUT2D eigenvalue weighted by Crippen LogP contribution is -2.21. The van der Waals surface area contributed by atoms with Crippen molar-refractivity contribution in [1.82, 2.24) is 4.98 Å². The molecule has 1 aliphatic rings. The second-order valence-corrected chi connectivity index (χ2v) is 3.08. The molecule has 5 nitrogen and oxygen atoms in total. The smallest absolute Gasteiger partial charge is 0.224 e. The van der Waals surface area contributed by atoms with Gasteiger partial charge in [-0.25, -0.2) is 4.98 Å². The zero-order valence-electron chi connectivity index (χ0n) is 7.37. The second-order valence-electron chi connectivity index (χ2n) is 3.08. The first kappa shape index (κ1) is 8.51. The van der Waals surface area contributed by atoms with Gasteiger partial charge in [-0.1, -0.05) is 0 Å². The van der Waals surface area contributed by atoms with Crippen LogP contribution in [0.2, 0.25) is 0 Å². The first-order valence-corrected chi connectivity index (χ1v) is 4.19. The lowest BCUT2D eigenvalue weighted by atomic mass is 10.0. The third-order valence-corrected chi connectivity index (χ3v) is 2.18. The molecule has 70 valence electrons. The highest BCUT2D eigenvalue weighted by atomic mass is 16.1. The minimum absolute atomic E-state index is 0.0837. The first-order valence-electron chi connectivity index (χ1n) is 4.19. The summed E-state index contributed by atoms with van der Waals surface area (Å²) in [6, 6.07) is 1.94. The quantitative estimate of drug-likeness (QED) is 0.617. The zero-order valence-corrected chi connectivity index (χ0v) is 7.37. The average Bonchev–Trinajstić information content (AvgIpc) is 2.17. The molecular formula is C9H8N4O. The zero-order chi connectivity index (χ0) is 10.1. The fraction of sp³-hybridized carbons (Fsp3) is 0.222. The van der Waals surface area contributed by atoms with Gasteiger partial charge in [0.05, 0.1) is 5.69 Å². The van der Waals surface area contributed by atoms with Crippen LogP contribution in [0.5, 0.6) is 0 Å². The Labute approximate surface area is 80.5 Å². The lowest BCUT2D eigenvalue weighted by Gasteiger charge is -2.17. The number of anilines is 2. The number of aromatic nitrogens is 1. The molecule has 14 heavy (non-hydrogen) atoms. The monoisotopic (exact) mass is 188 g/mol. The molecule has 0 saturated carbocycles. The van der Waals surface area contributed by atoms with Crippen LogP contribution in [0.25, 0.3) is 0 Å². The maximum absolute atomic E-state index is 11.1. The summed E-state index contributed by atoms with van der Waals surface area (Å²) in [5.74, 6) is 0.0769. The summed E-state index contributed by atoms with van der Waals surface area (Å²) < 4.78 is 0. The topological polar surface area (TPSA) is 91.8 Å². The number of carbonyl (C=O) groups excluding carboxylic acids is 1. The van der Waals surface area contributed by atoms with Crippen molar-refractivity contribution < 1.29 is 4.79 Å². The Morgan fingerprint density at radius 3 is 3.07 bits per heavy atom. The van der Waals surface area contributed by atoms with Crippen molar-refractivity contribution in [1.29, 1.82) is 5.26 Å². The molecule has 1 amide bonds. The molecule has 1 aromatic heterocycles. The largest absolute Gasteiger partial charge is 0.383 e. The van der Waals surface area contributed by atoms with Crippen LogP contribution in [0.1, 0.15) is 17.5 Å². The summed E-state index contributed by atoms with van der Waals surface area (Å²) in [4.78, 5) is 15.0. The van der Waals surface area contributed by atoms with E-state index in [1.807, 2.05) is 6.07 Å². The molecule has 1 aromatic rings. The molecule has 0 spiro atoms. The number of nitrogens with zero attached hydrogens (tertiary/aromatic N) is 2. The SMILES string of the molecule is N#Cc1c(N)ncc2c1NC(=O)CC2. The van der Waals surface area contributed by atoms with Crippen LogP contribution in [-0.4, -0.2) is 10.9 Å². The van der Waals surface area contributed by atoms with Gasteiger partial charge in [0.1, 0.15) is 17.5 Å². The van der Waals surface area contributed by atoms with Gasteiger partial charge >= 0.3 is 0 Å². The fourth-order valence-corrected chi connectivity index (χ4v) is 1.46. The summed E-state index contributed by atoms with van der Waals surface area (Å²) in [6.45, 7) is 0. The van der Waals surface area contributed by atoms with Gasteiger partial charge in [-0.15, -0.1) is 0 Å². The van der Waals surface area contributed by atoms with Crippen LogP contribution in [0.3, 0.4) is 0 Å². The van der Waals surface area contributed by atoms with E-state index >= 15 is 0 Å². The van der Waals surface area contributed by atoms with Crippen molar-refractivity contribution in [2.24, 2.45) is 0 Å². The van der Waals surface area contributed by atoms with Crippen molar-refractivity contribution in [2.45, 2.75) is 12.8 Å². The number of rotatable bonds is 0. The van der Waals surface area contributed by atoms with Gasteiger partial charge in [0.2, 0.25) is 5.91 Å². The van der Waals surface area contributed by atoms with Crippen LogP contribution >= 0.6 is 0 Å². The van der Waals surface area contributed by atoms with E-state index in [0.717, 1.165) is 5.56 Å². The van der Waals surface area contributed by atoms with Gasteiger partial charge in [-0.05, 0) is 12.0 Å². The molecule has 3 N–H and O–H groups in total. The van der Waals surface area contributed by atoms with E-state index in [-0.39, 0.29) is 17.3 Å². The first-order chi connectivity index (χ1) is 6.72. The summed E-state index contributed by atoms with van der Waals surface area (Å²) in [5.41, 5.74) is 7.17. The van der Waals surface area contributed by atoms with Gasteiger partial charge in [-0.2, -0.15) is 5.26 Å². The number of fused-ring (bicyclic) bond motifs is 1. The van der Waals surface area contributed by atoms with Crippen molar-refractivity contribution >= 4 is 17.4 Å². The van der Waals surface area contributed by atoms with Crippen molar-refractivity contribution in [3.8, 4) is 6.07 Å². The molecule has 0 aliphatic carbocycles. The van der Waals surface area contributed by atoms with E-state index in [2.05, 4.69) is 10.3 Å². The van der Waals surface area contributed by atoms with Crippen LogP contribution in [0.4, 0.5) is 11.5 Å². The number of amides is 1. The number of nitriles is 1. The number of hydrogen-bond acceptors (Lipinski definition) is 4. The Morgan fingerprint density at radius 1 is 1.57 bits per heavy atom. The van der Waals surface area contributed by atoms with E-state index in [9.17, 15) is 4.79 Å². The van der Waals surface area contributed by atoms with Gasteiger partial charge in [-0.3, -0.25) is 4.79 Å². The summed E-state index contributed by atoms with van der Waals surface area (Å²) in [6.07, 6.45) is 2.65. The van der Waals surface area contributed by atoms with Crippen molar-refractivity contribution in [3.63, 3.8) is 0 Å². The second kappa shape index (κ2) is 3.00. The van der Waals surface area contributed by atoms with Gasteiger partial charge in [0.25, 0.3) is 0 Å². The van der Waals surface area contributed by atoms with E-state index < -0.39 is 0 Å². The van der Waals surface area contributed by atoms with E-state index in [0.29, 0.717) is 18.5 Å². The summed E-state index contributed by atoms with van der Waals surface area (Å²) >= 11 is 0. The number of aryl methyl sites for hydroxylation is 1. The number of nitrogens with two attached hydrogens (primary N) is 1. The van der Waals surface area contributed by atoms with E-state index in [1.165, 1.54) is 0 Å². The Kier molecular flexibility index (Phi) is 1.82. The molecule has 0 atom stereocenters. The highest BCUT2D eigenvalue weighted by Gasteiger charge is 2.20. The predicted octanol–water partition coefficient (Wildman–Crippen LogP) is 0.420. The highest BCUT2D eigenvalue weighted by Crippen LogP contribution is 2.28. The van der Waals surface area contributed by atoms with E-state index in [4.69, 9.17) is 11.0 Å². The molecule has 5 heteroatoms. The minimum atomic E-state index is -0.0837. The Hall–Kier alpha value is -2.09. The van der Waals surface area contributed by atoms with Crippen molar-refractivity contribution in [2.75, 3.05) is 11.1 Å². The van der Waals surface area contributed by atoms with Crippen LogP contribution < -0.4 is 11.1 Å². The van der Waals surface area contributed by atoms with Crippen LogP contribution in [0, 0.1) is 11.3 Å². The van der Waals surface area contributed by atoms with E-state index in [1.54, 1.807) is 6.20 Å². The number of hydrogen-bond donors (Lipinski definition) is 2. The van der Waals surface area contributed by atoms with Gasteiger partial charge in [0.15, 0.2) is 0 Å². The Balaban J connectivity index is 2.61. The molecule has 0 bridgehead atoms. The lowest BCUT2D eigenvalue weighted by molar-refractivity contribution is -0.116. The normalized spacial score (nSPS) is 14.1. The maximum Gasteiger partial charge on any atom is 0.224 e.